The third-order valence-electron chi connectivity index (χ3n) is 1.43. The Morgan fingerprint density at radius 3 is 1.73 bits per heavy atom. The van der Waals surface area contributed by atoms with Crippen LogP contribution >= 0.6 is 0 Å². The molecule has 0 heterocycles. The van der Waals surface area contributed by atoms with E-state index < -0.39 is 22.6 Å². The SMILES string of the molecule is C[Si](C)(C)OCCC(O)(O)O[Si](C)(C)C. The lowest BCUT2D eigenvalue weighted by Crippen LogP contribution is -2.44. The molecule has 2 N–H and O–H groups in total. The van der Waals surface area contributed by atoms with Crippen molar-refractivity contribution < 1.29 is 19.1 Å². The molecule has 0 bridgehead atoms. The number of hydrogen-bond donors (Lipinski definition) is 2. The first kappa shape index (κ1) is 15.3. The summed E-state index contributed by atoms with van der Waals surface area (Å²) in [5, 5.41) is 19.1. The zero-order valence-electron chi connectivity index (χ0n) is 10.6. The Morgan fingerprint density at radius 1 is 0.933 bits per heavy atom. The van der Waals surface area contributed by atoms with Crippen LogP contribution in [0.3, 0.4) is 0 Å². The maximum atomic E-state index is 9.55. The van der Waals surface area contributed by atoms with Crippen LogP contribution in [0.1, 0.15) is 6.42 Å². The second-order valence-corrected chi connectivity index (χ2v) is 14.6. The molecule has 0 unspecified atom stereocenters. The molecule has 92 valence electrons. The van der Waals surface area contributed by atoms with Gasteiger partial charge in [0.15, 0.2) is 16.6 Å². The standard InChI is InChI=1S/C9H24O4Si2/c1-14(2,3)12-8-7-9(10,11)13-15(4,5)6/h10-11H,7-8H2,1-6H3. The van der Waals surface area contributed by atoms with E-state index in [-0.39, 0.29) is 6.42 Å². The van der Waals surface area contributed by atoms with Crippen LogP contribution in [0.5, 0.6) is 0 Å². The summed E-state index contributed by atoms with van der Waals surface area (Å²) in [7, 11) is -3.51. The number of rotatable bonds is 6. The first-order valence-corrected chi connectivity index (χ1v) is 12.0. The van der Waals surface area contributed by atoms with Gasteiger partial charge in [0.2, 0.25) is 0 Å². The highest BCUT2D eigenvalue weighted by molar-refractivity contribution is 6.70. The molecule has 0 saturated heterocycles. The molecule has 0 amide bonds. The highest BCUT2D eigenvalue weighted by Gasteiger charge is 2.31. The Hall–Kier alpha value is 0.274. The molecule has 0 saturated carbocycles. The lowest BCUT2D eigenvalue weighted by atomic mass is 10.4. The van der Waals surface area contributed by atoms with Gasteiger partial charge in [-0.25, -0.2) is 0 Å². The van der Waals surface area contributed by atoms with E-state index in [1.807, 2.05) is 19.6 Å². The van der Waals surface area contributed by atoms with Gasteiger partial charge in [0, 0.05) is 6.61 Å². The quantitative estimate of drug-likeness (QED) is 0.558. The Labute approximate surface area is 94.5 Å². The third kappa shape index (κ3) is 10.6. The number of hydrogen-bond acceptors (Lipinski definition) is 4. The van der Waals surface area contributed by atoms with Crippen molar-refractivity contribution >= 4 is 16.6 Å². The summed E-state index contributed by atoms with van der Waals surface area (Å²) < 4.78 is 10.8. The second-order valence-electron chi connectivity index (χ2n) is 5.67. The van der Waals surface area contributed by atoms with Crippen molar-refractivity contribution in [1.29, 1.82) is 0 Å². The fourth-order valence-electron chi connectivity index (χ4n) is 1.03. The predicted molar refractivity (Wildman–Crippen MR) is 65.5 cm³/mol. The lowest BCUT2D eigenvalue weighted by molar-refractivity contribution is -0.303. The summed E-state index contributed by atoms with van der Waals surface area (Å²) in [4.78, 5) is 0. The first-order valence-electron chi connectivity index (χ1n) is 5.20. The van der Waals surface area contributed by atoms with E-state index in [0.717, 1.165) is 0 Å². The Morgan fingerprint density at radius 2 is 1.40 bits per heavy atom. The van der Waals surface area contributed by atoms with E-state index in [0.29, 0.717) is 6.61 Å². The van der Waals surface area contributed by atoms with Gasteiger partial charge < -0.3 is 19.1 Å². The van der Waals surface area contributed by atoms with Crippen molar-refractivity contribution in [2.24, 2.45) is 0 Å². The van der Waals surface area contributed by atoms with Gasteiger partial charge in [0.25, 0.3) is 5.97 Å². The Kier molecular flexibility index (Phi) is 5.16. The van der Waals surface area contributed by atoms with Crippen LogP contribution in [0.15, 0.2) is 0 Å². The summed E-state index contributed by atoms with van der Waals surface area (Å²) >= 11 is 0. The van der Waals surface area contributed by atoms with E-state index in [1.165, 1.54) is 0 Å². The van der Waals surface area contributed by atoms with Gasteiger partial charge >= 0.3 is 0 Å². The fourth-order valence-corrected chi connectivity index (χ4v) is 2.83. The highest BCUT2D eigenvalue weighted by atomic mass is 28.4. The van der Waals surface area contributed by atoms with Crippen LogP contribution in [-0.2, 0) is 8.85 Å². The molecule has 15 heavy (non-hydrogen) atoms. The average molecular weight is 252 g/mol. The molecular formula is C9H24O4Si2. The van der Waals surface area contributed by atoms with E-state index in [9.17, 15) is 10.2 Å². The van der Waals surface area contributed by atoms with Crippen LogP contribution in [0.2, 0.25) is 39.3 Å². The van der Waals surface area contributed by atoms with E-state index in [2.05, 4.69) is 19.6 Å². The number of aliphatic hydroxyl groups is 2. The largest absolute Gasteiger partial charge is 0.417 e. The van der Waals surface area contributed by atoms with Crippen LogP contribution < -0.4 is 0 Å². The van der Waals surface area contributed by atoms with Crippen molar-refractivity contribution in [3.8, 4) is 0 Å². The fraction of sp³-hybridized carbons (Fsp3) is 1.00. The van der Waals surface area contributed by atoms with Crippen LogP contribution in [0.25, 0.3) is 0 Å². The van der Waals surface area contributed by atoms with Gasteiger partial charge in [0.05, 0.1) is 6.42 Å². The molecule has 6 heteroatoms. The molecule has 0 aliphatic heterocycles. The first-order chi connectivity index (χ1) is 6.41. The summed E-state index contributed by atoms with van der Waals surface area (Å²) in [6, 6.07) is 0. The molecule has 0 fully saturated rings. The zero-order valence-corrected chi connectivity index (χ0v) is 12.6. The van der Waals surface area contributed by atoms with Crippen molar-refractivity contribution in [2.45, 2.75) is 51.7 Å². The maximum Gasteiger partial charge on any atom is 0.270 e. The summed E-state index contributed by atoms with van der Waals surface area (Å²) in [6.07, 6.45) is 0.0987. The second kappa shape index (κ2) is 5.07. The highest BCUT2D eigenvalue weighted by Crippen LogP contribution is 2.17. The molecule has 0 aromatic carbocycles. The zero-order chi connectivity index (χ0) is 12.3. The van der Waals surface area contributed by atoms with E-state index in [4.69, 9.17) is 8.85 Å². The van der Waals surface area contributed by atoms with Gasteiger partial charge in [-0.15, -0.1) is 0 Å². The average Bonchev–Trinajstić information content (AvgIpc) is 1.75. The van der Waals surface area contributed by atoms with Crippen LogP contribution in [0.4, 0.5) is 0 Å². The predicted octanol–water partition coefficient (Wildman–Crippen LogP) is 1.72. The van der Waals surface area contributed by atoms with Gasteiger partial charge in [-0.1, -0.05) is 0 Å². The molecule has 0 aromatic rings. The minimum absolute atomic E-state index is 0.0987. The monoisotopic (exact) mass is 252 g/mol. The minimum atomic E-state index is -2.04. The maximum absolute atomic E-state index is 9.55. The Bertz CT molecular complexity index is 193. The molecule has 0 aliphatic rings. The normalized spacial score (nSPS) is 14.4. The Balaban J connectivity index is 3.95. The molecule has 0 aromatic heterocycles. The van der Waals surface area contributed by atoms with Crippen molar-refractivity contribution in [3.63, 3.8) is 0 Å². The summed E-state index contributed by atoms with van der Waals surface area (Å²) in [5.41, 5.74) is 0. The minimum Gasteiger partial charge on any atom is -0.417 e. The van der Waals surface area contributed by atoms with Gasteiger partial charge in [-0.3, -0.25) is 0 Å². The van der Waals surface area contributed by atoms with Crippen LogP contribution in [0, 0.1) is 0 Å². The molecule has 0 radical (unpaired) electrons. The van der Waals surface area contributed by atoms with Gasteiger partial charge in [-0.2, -0.15) is 0 Å². The molecule has 4 nitrogen and oxygen atoms in total. The summed E-state index contributed by atoms with van der Waals surface area (Å²) in [5.74, 6) is -2.04. The third-order valence-corrected chi connectivity index (χ3v) is 3.44. The van der Waals surface area contributed by atoms with Crippen molar-refractivity contribution in [3.05, 3.63) is 0 Å². The molecule has 0 rings (SSSR count). The van der Waals surface area contributed by atoms with Crippen molar-refractivity contribution in [1.82, 2.24) is 0 Å². The van der Waals surface area contributed by atoms with Gasteiger partial charge in [-0.05, 0) is 39.3 Å². The molecule has 0 atom stereocenters. The summed E-state index contributed by atoms with van der Waals surface area (Å²) in [6.45, 7) is 12.2. The van der Waals surface area contributed by atoms with E-state index in [1.54, 1.807) is 0 Å². The molecular weight excluding hydrogens is 228 g/mol. The topological polar surface area (TPSA) is 58.9 Å². The van der Waals surface area contributed by atoms with Gasteiger partial charge in [0.1, 0.15) is 0 Å². The smallest absolute Gasteiger partial charge is 0.270 e. The van der Waals surface area contributed by atoms with E-state index >= 15 is 0 Å². The van der Waals surface area contributed by atoms with Crippen LogP contribution in [-0.4, -0.2) is 39.4 Å². The van der Waals surface area contributed by atoms with Crippen molar-refractivity contribution in [2.75, 3.05) is 6.61 Å². The lowest BCUT2D eigenvalue weighted by Gasteiger charge is -2.30. The molecule has 0 spiro atoms. The molecule has 0 aliphatic carbocycles.